The highest BCUT2D eigenvalue weighted by molar-refractivity contribution is 6.00. The largest absolute Gasteiger partial charge is 0.495 e. The Morgan fingerprint density at radius 3 is 2.16 bits per heavy atom. The highest BCUT2D eigenvalue weighted by atomic mass is 19.4. The van der Waals surface area contributed by atoms with E-state index in [2.05, 4.69) is 15.5 Å². The Kier molecular flexibility index (Phi) is 8.88. The molecule has 0 bridgehead atoms. The van der Waals surface area contributed by atoms with Gasteiger partial charge in [0.25, 0.3) is 5.91 Å². The van der Waals surface area contributed by atoms with Crippen LogP contribution in [0.1, 0.15) is 15.9 Å². The van der Waals surface area contributed by atoms with E-state index in [0.29, 0.717) is 48.9 Å². The molecule has 1 aliphatic heterocycles. The summed E-state index contributed by atoms with van der Waals surface area (Å²) in [5, 5.41) is 4.93. The molecule has 4 aromatic carbocycles. The zero-order valence-electron chi connectivity index (χ0n) is 23.5. The average Bonchev–Trinajstić information content (AvgIpc) is 3.02. The van der Waals surface area contributed by atoms with Gasteiger partial charge in [-0.25, -0.2) is 9.18 Å². The Hall–Kier alpha value is -5.26. The number of urea groups is 1. The van der Waals surface area contributed by atoms with Crippen LogP contribution in [0.3, 0.4) is 0 Å². The van der Waals surface area contributed by atoms with Crippen molar-refractivity contribution in [2.75, 3.05) is 48.8 Å². The second kappa shape index (κ2) is 12.9. The molecule has 0 saturated carbocycles. The third-order valence-electron chi connectivity index (χ3n) is 6.96. The Balaban J connectivity index is 1.16. The molecule has 1 saturated heterocycles. The smallest absolute Gasteiger partial charge is 0.416 e. The summed E-state index contributed by atoms with van der Waals surface area (Å²) in [6.45, 7) is 2.28. The van der Waals surface area contributed by atoms with Crippen molar-refractivity contribution < 1.29 is 36.6 Å². The molecule has 0 spiro atoms. The van der Waals surface area contributed by atoms with Gasteiger partial charge in [-0.15, -0.1) is 0 Å². The number of anilines is 3. The number of benzene rings is 4. The molecular formula is C32H28F4N4O4. The number of hydrogen-bond donors (Lipinski definition) is 2. The predicted octanol–water partition coefficient (Wildman–Crippen LogP) is 7.25. The van der Waals surface area contributed by atoms with E-state index < -0.39 is 17.8 Å². The first-order valence-corrected chi connectivity index (χ1v) is 13.6. The topological polar surface area (TPSA) is 83.1 Å². The molecule has 0 radical (unpaired) electrons. The molecule has 4 aromatic rings. The van der Waals surface area contributed by atoms with Crippen molar-refractivity contribution in [1.29, 1.82) is 0 Å². The molecule has 2 N–H and O–H groups in total. The standard InChI is InChI=1S/C32H28F4N4O4/c1-43-29-14-5-22(32(34,35)36)20-28(29)38-31(42)37-24-8-12-26(13-9-24)44-27-4-2-3-21(19-27)30(41)40-17-15-39(16-18-40)25-10-6-23(33)7-11-25/h2-14,19-20H,15-18H2,1H3,(H2,37,38,42). The van der Waals surface area contributed by atoms with Crippen LogP contribution in [0.4, 0.5) is 39.4 Å². The molecule has 5 rings (SSSR count). The fraction of sp³-hybridized carbons (Fsp3) is 0.188. The quantitative estimate of drug-likeness (QED) is 0.216. The number of hydrogen-bond acceptors (Lipinski definition) is 5. The molecule has 0 aromatic heterocycles. The van der Waals surface area contributed by atoms with Crippen molar-refractivity contribution in [3.8, 4) is 17.2 Å². The van der Waals surface area contributed by atoms with Crippen LogP contribution in [0.25, 0.3) is 0 Å². The molecule has 1 aliphatic rings. The summed E-state index contributed by atoms with van der Waals surface area (Å²) in [5.41, 5.74) is 0.683. The third-order valence-corrected chi connectivity index (χ3v) is 6.96. The van der Waals surface area contributed by atoms with Crippen molar-refractivity contribution in [1.82, 2.24) is 4.90 Å². The number of carbonyl (C=O) groups is 2. The number of rotatable bonds is 7. The zero-order chi connectivity index (χ0) is 31.3. The molecule has 0 aliphatic carbocycles. The lowest BCUT2D eigenvalue weighted by atomic mass is 10.1. The molecule has 0 unspecified atom stereocenters. The first-order chi connectivity index (χ1) is 21.1. The molecule has 3 amide bonds. The zero-order valence-corrected chi connectivity index (χ0v) is 23.5. The number of alkyl halides is 3. The van der Waals surface area contributed by atoms with E-state index in [1.165, 1.54) is 19.2 Å². The van der Waals surface area contributed by atoms with Crippen LogP contribution in [-0.4, -0.2) is 50.1 Å². The number of ether oxygens (including phenoxy) is 2. The van der Waals surface area contributed by atoms with Gasteiger partial charge in [0, 0.05) is 43.1 Å². The molecule has 8 nitrogen and oxygen atoms in total. The van der Waals surface area contributed by atoms with Crippen molar-refractivity contribution in [2.24, 2.45) is 0 Å². The first-order valence-electron chi connectivity index (χ1n) is 13.6. The van der Waals surface area contributed by atoms with Gasteiger partial charge >= 0.3 is 12.2 Å². The van der Waals surface area contributed by atoms with Gasteiger partial charge in [0.2, 0.25) is 0 Å². The van der Waals surface area contributed by atoms with E-state index in [-0.39, 0.29) is 23.2 Å². The number of methoxy groups -OCH3 is 1. The van der Waals surface area contributed by atoms with E-state index in [9.17, 15) is 27.2 Å². The summed E-state index contributed by atoms with van der Waals surface area (Å²) < 4.78 is 63.5. The van der Waals surface area contributed by atoms with Crippen LogP contribution in [0.2, 0.25) is 0 Å². The first kappa shape index (κ1) is 30.2. The fourth-order valence-electron chi connectivity index (χ4n) is 4.70. The molecule has 0 atom stereocenters. The molecule has 1 fully saturated rings. The molecule has 228 valence electrons. The number of nitrogens with zero attached hydrogens (tertiary/aromatic N) is 2. The summed E-state index contributed by atoms with van der Waals surface area (Å²) >= 11 is 0. The van der Waals surface area contributed by atoms with Crippen molar-refractivity contribution >= 4 is 29.0 Å². The Bertz CT molecular complexity index is 1620. The van der Waals surface area contributed by atoms with E-state index in [4.69, 9.17) is 9.47 Å². The summed E-state index contributed by atoms with van der Waals surface area (Å²) in [6.07, 6.45) is -4.58. The number of carbonyl (C=O) groups excluding carboxylic acids is 2. The molecule has 12 heteroatoms. The summed E-state index contributed by atoms with van der Waals surface area (Å²) in [7, 11) is 1.29. The monoisotopic (exact) mass is 608 g/mol. The predicted molar refractivity (Wildman–Crippen MR) is 158 cm³/mol. The van der Waals surface area contributed by atoms with Crippen LogP contribution in [0, 0.1) is 5.82 Å². The van der Waals surface area contributed by atoms with E-state index in [0.717, 1.165) is 23.9 Å². The van der Waals surface area contributed by atoms with E-state index in [1.54, 1.807) is 65.6 Å². The lowest BCUT2D eigenvalue weighted by Crippen LogP contribution is -2.48. The van der Waals surface area contributed by atoms with Gasteiger partial charge in [-0.2, -0.15) is 13.2 Å². The van der Waals surface area contributed by atoms with Crippen molar-refractivity contribution in [3.63, 3.8) is 0 Å². The Morgan fingerprint density at radius 1 is 0.795 bits per heavy atom. The normalized spacial score (nSPS) is 13.3. The third kappa shape index (κ3) is 7.38. The maximum absolute atomic E-state index is 13.2. The molecular weight excluding hydrogens is 580 g/mol. The van der Waals surface area contributed by atoms with Gasteiger partial charge in [-0.3, -0.25) is 4.79 Å². The summed E-state index contributed by atoms with van der Waals surface area (Å²) in [6, 6.07) is 21.4. The summed E-state index contributed by atoms with van der Waals surface area (Å²) in [4.78, 5) is 29.5. The molecule has 44 heavy (non-hydrogen) atoms. The van der Waals surface area contributed by atoms with Crippen LogP contribution >= 0.6 is 0 Å². The maximum atomic E-state index is 13.2. The van der Waals surface area contributed by atoms with Crippen LogP contribution in [-0.2, 0) is 6.18 Å². The second-order valence-electron chi connectivity index (χ2n) is 9.90. The van der Waals surface area contributed by atoms with E-state index >= 15 is 0 Å². The minimum absolute atomic E-state index is 0.0740. The van der Waals surface area contributed by atoms with Crippen LogP contribution in [0.5, 0.6) is 17.2 Å². The average molecular weight is 609 g/mol. The van der Waals surface area contributed by atoms with Crippen LogP contribution < -0.4 is 25.0 Å². The highest BCUT2D eigenvalue weighted by Gasteiger charge is 2.31. The SMILES string of the molecule is COc1ccc(C(F)(F)F)cc1NC(=O)Nc1ccc(Oc2cccc(C(=O)N3CCN(c4ccc(F)cc4)CC3)c2)cc1. The van der Waals surface area contributed by atoms with Gasteiger partial charge in [0.15, 0.2) is 0 Å². The number of halogens is 4. The molecule has 1 heterocycles. The lowest BCUT2D eigenvalue weighted by molar-refractivity contribution is -0.137. The van der Waals surface area contributed by atoms with E-state index in [1.807, 2.05) is 0 Å². The van der Waals surface area contributed by atoms with Gasteiger partial charge in [-0.05, 0) is 84.9 Å². The van der Waals surface area contributed by atoms with Gasteiger partial charge in [-0.1, -0.05) is 6.07 Å². The van der Waals surface area contributed by atoms with Gasteiger partial charge in [0.1, 0.15) is 23.1 Å². The number of nitrogens with one attached hydrogen (secondary N) is 2. The maximum Gasteiger partial charge on any atom is 0.416 e. The summed E-state index contributed by atoms with van der Waals surface area (Å²) in [5.74, 6) is 0.532. The highest BCUT2D eigenvalue weighted by Crippen LogP contribution is 2.35. The number of amides is 3. The van der Waals surface area contributed by atoms with Gasteiger partial charge in [0.05, 0.1) is 18.4 Å². The minimum atomic E-state index is -4.58. The van der Waals surface area contributed by atoms with Crippen molar-refractivity contribution in [2.45, 2.75) is 6.18 Å². The lowest BCUT2D eigenvalue weighted by Gasteiger charge is -2.36. The Morgan fingerprint density at radius 2 is 1.50 bits per heavy atom. The second-order valence-corrected chi connectivity index (χ2v) is 9.90. The fourth-order valence-corrected chi connectivity index (χ4v) is 4.70. The van der Waals surface area contributed by atoms with Crippen molar-refractivity contribution in [3.05, 3.63) is 108 Å². The Labute approximate surface area is 250 Å². The minimum Gasteiger partial charge on any atom is -0.495 e. The van der Waals surface area contributed by atoms with Gasteiger partial charge < -0.3 is 29.9 Å². The van der Waals surface area contributed by atoms with Crippen LogP contribution in [0.15, 0.2) is 91.0 Å². The number of piperazine rings is 1.